The van der Waals surface area contributed by atoms with Gasteiger partial charge in [0.15, 0.2) is 0 Å². The number of rotatable bonds is 5. The lowest BCUT2D eigenvalue weighted by Crippen LogP contribution is -2.55. The van der Waals surface area contributed by atoms with Crippen molar-refractivity contribution in [2.45, 2.75) is 78.8 Å². The Morgan fingerprint density at radius 3 is 2.39 bits per heavy atom. The second-order valence-corrected chi connectivity index (χ2v) is 7.35. The summed E-state index contributed by atoms with van der Waals surface area (Å²) in [5.41, 5.74) is 0. The van der Waals surface area contributed by atoms with Gasteiger partial charge in [0.1, 0.15) is 0 Å². The van der Waals surface area contributed by atoms with E-state index in [9.17, 15) is 0 Å². The first-order chi connectivity index (χ1) is 8.54. The zero-order chi connectivity index (χ0) is 13.3. The molecule has 2 fully saturated rings. The normalized spacial score (nSPS) is 42.8. The highest BCUT2D eigenvalue weighted by molar-refractivity contribution is 4.98. The molecule has 1 aliphatic heterocycles. The molecule has 2 aliphatic rings. The van der Waals surface area contributed by atoms with Gasteiger partial charge in [-0.1, -0.05) is 40.5 Å². The molecule has 0 aromatic rings. The van der Waals surface area contributed by atoms with E-state index >= 15 is 0 Å². The molecule has 0 radical (unpaired) electrons. The van der Waals surface area contributed by atoms with Gasteiger partial charge in [-0.05, 0) is 49.9 Å². The van der Waals surface area contributed by atoms with E-state index in [2.05, 4.69) is 39.5 Å². The van der Waals surface area contributed by atoms with Gasteiger partial charge in [-0.25, -0.2) is 0 Å². The molecule has 0 amide bonds. The van der Waals surface area contributed by atoms with Crippen molar-refractivity contribution in [1.82, 2.24) is 4.90 Å². The molecule has 0 N–H and O–H groups in total. The van der Waals surface area contributed by atoms with E-state index in [0.29, 0.717) is 0 Å². The van der Waals surface area contributed by atoms with Crippen LogP contribution in [0.1, 0.15) is 66.7 Å². The number of hydrogen-bond acceptors (Lipinski definition) is 1. The Balaban J connectivity index is 2.00. The molecule has 0 spiro atoms. The van der Waals surface area contributed by atoms with Gasteiger partial charge in [-0.3, -0.25) is 4.90 Å². The molecular formula is C17H33N. The fourth-order valence-corrected chi connectivity index (χ4v) is 4.66. The molecule has 106 valence electrons. The molecule has 0 bridgehead atoms. The van der Waals surface area contributed by atoms with Gasteiger partial charge in [0.25, 0.3) is 0 Å². The van der Waals surface area contributed by atoms with Crippen LogP contribution in [0.5, 0.6) is 0 Å². The summed E-state index contributed by atoms with van der Waals surface area (Å²) in [6, 6.07) is 1.75. The van der Waals surface area contributed by atoms with Crippen molar-refractivity contribution in [2.24, 2.45) is 23.7 Å². The van der Waals surface area contributed by atoms with Crippen LogP contribution in [0.3, 0.4) is 0 Å². The Morgan fingerprint density at radius 1 is 1.17 bits per heavy atom. The predicted octanol–water partition coefficient (Wildman–Crippen LogP) is 4.57. The summed E-state index contributed by atoms with van der Waals surface area (Å²) in [6.07, 6.45) is 7.11. The zero-order valence-corrected chi connectivity index (χ0v) is 13.2. The first-order valence-corrected chi connectivity index (χ1v) is 8.30. The summed E-state index contributed by atoms with van der Waals surface area (Å²) in [6.45, 7) is 13.6. The van der Waals surface area contributed by atoms with Crippen LogP contribution >= 0.6 is 0 Å². The van der Waals surface area contributed by atoms with E-state index in [1.807, 2.05) is 0 Å². The molecular weight excluding hydrogens is 218 g/mol. The monoisotopic (exact) mass is 251 g/mol. The van der Waals surface area contributed by atoms with Gasteiger partial charge >= 0.3 is 0 Å². The topological polar surface area (TPSA) is 3.24 Å². The lowest BCUT2D eigenvalue weighted by Gasteiger charge is -2.47. The molecule has 1 aliphatic carbocycles. The van der Waals surface area contributed by atoms with Gasteiger partial charge in [0.05, 0.1) is 0 Å². The standard InChI is InChI=1S/C17H33N/c1-6-7-12(2)10-16-13(3)11-14(4)17(16)18-9-8-15(18)5/h12-17H,6-11H2,1-5H3. The molecule has 18 heavy (non-hydrogen) atoms. The second kappa shape index (κ2) is 5.94. The van der Waals surface area contributed by atoms with Crippen molar-refractivity contribution in [3.05, 3.63) is 0 Å². The first-order valence-electron chi connectivity index (χ1n) is 8.30. The van der Waals surface area contributed by atoms with E-state index in [1.165, 1.54) is 38.6 Å². The van der Waals surface area contributed by atoms with Crippen molar-refractivity contribution < 1.29 is 0 Å². The summed E-state index contributed by atoms with van der Waals surface area (Å²) in [5, 5.41) is 0. The first kappa shape index (κ1) is 14.4. The van der Waals surface area contributed by atoms with Gasteiger partial charge < -0.3 is 0 Å². The lowest BCUT2D eigenvalue weighted by atomic mass is 9.82. The highest BCUT2D eigenvalue weighted by Crippen LogP contribution is 2.45. The number of nitrogens with zero attached hydrogens (tertiary/aromatic N) is 1. The molecule has 2 rings (SSSR count). The maximum absolute atomic E-state index is 2.82. The minimum atomic E-state index is 0.853. The molecule has 6 atom stereocenters. The highest BCUT2D eigenvalue weighted by Gasteiger charge is 2.45. The molecule has 6 unspecified atom stereocenters. The lowest BCUT2D eigenvalue weighted by molar-refractivity contribution is 0.00767. The summed E-state index contributed by atoms with van der Waals surface area (Å²) in [4.78, 5) is 2.82. The van der Waals surface area contributed by atoms with Crippen LogP contribution < -0.4 is 0 Å². The molecule has 0 aromatic heterocycles. The minimum Gasteiger partial charge on any atom is -0.297 e. The molecule has 0 aromatic carbocycles. The quantitative estimate of drug-likeness (QED) is 0.692. The Bertz CT molecular complexity index is 262. The van der Waals surface area contributed by atoms with E-state index < -0.39 is 0 Å². The van der Waals surface area contributed by atoms with Crippen LogP contribution in [-0.2, 0) is 0 Å². The molecule has 1 heterocycles. The summed E-state index contributed by atoms with van der Waals surface area (Å²) in [5.74, 6) is 3.75. The zero-order valence-electron chi connectivity index (χ0n) is 13.2. The third-order valence-electron chi connectivity index (χ3n) is 5.71. The van der Waals surface area contributed by atoms with Crippen LogP contribution in [0, 0.1) is 23.7 Å². The summed E-state index contributed by atoms with van der Waals surface area (Å²) < 4.78 is 0. The Hall–Kier alpha value is -0.0400. The van der Waals surface area contributed by atoms with E-state index in [-0.39, 0.29) is 0 Å². The van der Waals surface area contributed by atoms with E-state index in [1.54, 1.807) is 0 Å². The van der Waals surface area contributed by atoms with Gasteiger partial charge in [0.2, 0.25) is 0 Å². The minimum absolute atomic E-state index is 0.853. The van der Waals surface area contributed by atoms with Crippen LogP contribution in [0.4, 0.5) is 0 Å². The van der Waals surface area contributed by atoms with Crippen molar-refractivity contribution in [1.29, 1.82) is 0 Å². The summed E-state index contributed by atoms with van der Waals surface area (Å²) in [7, 11) is 0. The van der Waals surface area contributed by atoms with Crippen LogP contribution in [-0.4, -0.2) is 23.5 Å². The van der Waals surface area contributed by atoms with Crippen molar-refractivity contribution >= 4 is 0 Å². The number of hydrogen-bond donors (Lipinski definition) is 0. The van der Waals surface area contributed by atoms with Gasteiger partial charge in [0, 0.05) is 18.6 Å². The average Bonchev–Trinajstić information content (AvgIpc) is 2.55. The largest absolute Gasteiger partial charge is 0.297 e. The Kier molecular flexibility index (Phi) is 4.75. The molecule has 1 saturated heterocycles. The third-order valence-corrected chi connectivity index (χ3v) is 5.71. The highest BCUT2D eigenvalue weighted by atomic mass is 15.2. The molecule has 1 heteroatoms. The molecule has 1 saturated carbocycles. The fraction of sp³-hybridized carbons (Fsp3) is 1.00. The Labute approximate surface area is 114 Å². The maximum Gasteiger partial charge on any atom is 0.0155 e. The van der Waals surface area contributed by atoms with Crippen LogP contribution in [0.15, 0.2) is 0 Å². The molecule has 1 nitrogen and oxygen atoms in total. The van der Waals surface area contributed by atoms with Crippen LogP contribution in [0.25, 0.3) is 0 Å². The summed E-state index contributed by atoms with van der Waals surface area (Å²) >= 11 is 0. The van der Waals surface area contributed by atoms with Crippen molar-refractivity contribution in [2.75, 3.05) is 6.54 Å². The smallest absolute Gasteiger partial charge is 0.0155 e. The average molecular weight is 251 g/mol. The van der Waals surface area contributed by atoms with Gasteiger partial charge in [-0.2, -0.15) is 0 Å². The SMILES string of the molecule is CCCC(C)CC1C(C)CC(C)C1N1CCC1C. The maximum atomic E-state index is 2.82. The van der Waals surface area contributed by atoms with E-state index in [0.717, 1.165) is 35.8 Å². The fourth-order valence-electron chi connectivity index (χ4n) is 4.66. The van der Waals surface area contributed by atoms with E-state index in [4.69, 9.17) is 0 Å². The van der Waals surface area contributed by atoms with Crippen molar-refractivity contribution in [3.8, 4) is 0 Å². The number of likely N-dealkylation sites (tertiary alicyclic amines) is 1. The predicted molar refractivity (Wildman–Crippen MR) is 79.7 cm³/mol. The van der Waals surface area contributed by atoms with Crippen LogP contribution in [0.2, 0.25) is 0 Å². The second-order valence-electron chi connectivity index (χ2n) is 7.35. The third kappa shape index (κ3) is 2.76. The van der Waals surface area contributed by atoms with Crippen molar-refractivity contribution in [3.63, 3.8) is 0 Å². The Morgan fingerprint density at radius 2 is 1.89 bits per heavy atom. The van der Waals surface area contributed by atoms with Gasteiger partial charge in [-0.15, -0.1) is 0 Å².